The molecular weight excluding hydrogens is 436 g/mol. The Balaban J connectivity index is 1.78. The summed E-state index contributed by atoms with van der Waals surface area (Å²) < 4.78 is 34.2. The minimum Gasteiger partial charge on any atom is -0.493 e. The van der Waals surface area contributed by atoms with Gasteiger partial charge in [-0.15, -0.1) is 0 Å². The van der Waals surface area contributed by atoms with Crippen molar-refractivity contribution in [1.82, 2.24) is 0 Å². The van der Waals surface area contributed by atoms with E-state index in [9.17, 15) is 4.79 Å². The molecule has 4 rings (SSSR count). The van der Waals surface area contributed by atoms with Crippen LogP contribution in [0.2, 0.25) is 0 Å². The summed E-state index contributed by atoms with van der Waals surface area (Å²) in [5.41, 5.74) is 2.67. The molecule has 178 valence electrons. The predicted molar refractivity (Wildman–Crippen MR) is 127 cm³/mol. The lowest BCUT2D eigenvalue weighted by Crippen LogP contribution is -2.23. The fourth-order valence-corrected chi connectivity index (χ4v) is 4.31. The normalized spacial score (nSPS) is 14.6. The average Bonchev–Trinajstić information content (AvgIpc) is 2.87. The van der Waals surface area contributed by atoms with Crippen molar-refractivity contribution in [3.63, 3.8) is 0 Å². The van der Waals surface area contributed by atoms with Crippen molar-refractivity contribution < 1.29 is 33.2 Å². The Bertz CT molecular complexity index is 1160. The largest absolute Gasteiger partial charge is 0.493 e. The lowest BCUT2D eigenvalue weighted by atomic mass is 9.84. The third-order valence-electron chi connectivity index (χ3n) is 5.86. The smallest absolute Gasteiger partial charge is 0.312 e. The second-order valence-corrected chi connectivity index (χ2v) is 7.75. The quantitative estimate of drug-likeness (QED) is 0.333. The zero-order valence-corrected chi connectivity index (χ0v) is 19.8. The highest BCUT2D eigenvalue weighted by molar-refractivity contribution is 5.81. The summed E-state index contributed by atoms with van der Waals surface area (Å²) in [5, 5.41) is 0. The maximum Gasteiger partial charge on any atom is 0.312 e. The lowest BCUT2D eigenvalue weighted by Gasteiger charge is -2.29. The molecule has 0 N–H and O–H groups in total. The molecular formula is C27H28O7. The molecule has 0 spiro atoms. The summed E-state index contributed by atoms with van der Waals surface area (Å²) in [6.07, 6.45) is 0.844. The van der Waals surface area contributed by atoms with Crippen LogP contribution in [0.1, 0.15) is 29.0 Å². The first-order valence-corrected chi connectivity index (χ1v) is 11.0. The van der Waals surface area contributed by atoms with Crippen molar-refractivity contribution in [2.24, 2.45) is 0 Å². The van der Waals surface area contributed by atoms with Crippen LogP contribution in [0.25, 0.3) is 0 Å². The van der Waals surface area contributed by atoms with Crippen molar-refractivity contribution in [3.8, 4) is 34.5 Å². The molecule has 7 nitrogen and oxygen atoms in total. The summed E-state index contributed by atoms with van der Waals surface area (Å²) in [6.45, 7) is 0.449. The Morgan fingerprint density at radius 1 is 0.824 bits per heavy atom. The number of fused-ring (bicyclic) bond motifs is 1. The molecule has 3 aromatic rings. The van der Waals surface area contributed by atoms with Crippen LogP contribution in [-0.4, -0.2) is 41.0 Å². The van der Waals surface area contributed by atoms with Crippen LogP contribution in [0.15, 0.2) is 54.6 Å². The minimum absolute atomic E-state index is 0.112. The van der Waals surface area contributed by atoms with E-state index in [4.69, 9.17) is 28.4 Å². The van der Waals surface area contributed by atoms with E-state index in [1.807, 2.05) is 36.4 Å². The number of carbonyl (C=O) groups is 1. The SMILES string of the molecule is COc1cccc([C@@H]2CC(=O)Oc3cc(OC)c(OC)c(OC)c32)c1OCCc1ccccc1. The molecule has 1 heterocycles. The summed E-state index contributed by atoms with van der Waals surface area (Å²) in [6, 6.07) is 17.4. The van der Waals surface area contributed by atoms with Crippen molar-refractivity contribution in [3.05, 3.63) is 71.3 Å². The highest BCUT2D eigenvalue weighted by Gasteiger charge is 2.37. The fraction of sp³-hybridized carbons (Fsp3) is 0.296. The molecule has 7 heteroatoms. The molecule has 0 amide bonds. The molecule has 0 saturated heterocycles. The topological polar surface area (TPSA) is 72.5 Å². The number of methoxy groups -OCH3 is 4. The molecule has 3 aromatic carbocycles. The van der Waals surface area contributed by atoms with Crippen molar-refractivity contribution in [2.45, 2.75) is 18.8 Å². The van der Waals surface area contributed by atoms with Gasteiger partial charge in [-0.05, 0) is 11.6 Å². The van der Waals surface area contributed by atoms with Crippen LogP contribution in [0.5, 0.6) is 34.5 Å². The number of rotatable bonds is 9. The number of ether oxygens (including phenoxy) is 6. The molecule has 0 saturated carbocycles. The van der Waals surface area contributed by atoms with E-state index >= 15 is 0 Å². The van der Waals surface area contributed by atoms with Gasteiger partial charge in [-0.25, -0.2) is 0 Å². The minimum atomic E-state index is -0.396. The zero-order chi connectivity index (χ0) is 24.1. The first-order valence-electron chi connectivity index (χ1n) is 11.0. The Morgan fingerprint density at radius 3 is 2.24 bits per heavy atom. The summed E-state index contributed by atoms with van der Waals surface area (Å²) in [5.74, 6) is 2.09. The molecule has 1 atom stereocenters. The van der Waals surface area contributed by atoms with Crippen molar-refractivity contribution in [2.75, 3.05) is 35.0 Å². The molecule has 0 bridgehead atoms. The molecule has 1 aliphatic heterocycles. The van der Waals surface area contributed by atoms with Crippen molar-refractivity contribution in [1.29, 1.82) is 0 Å². The van der Waals surface area contributed by atoms with E-state index in [0.29, 0.717) is 46.7 Å². The Kier molecular flexibility index (Phi) is 7.11. The van der Waals surface area contributed by atoms with Gasteiger partial charge in [0.25, 0.3) is 0 Å². The number of carbonyl (C=O) groups excluding carboxylic acids is 1. The third kappa shape index (κ3) is 4.46. The van der Waals surface area contributed by atoms with E-state index in [1.165, 1.54) is 12.7 Å². The molecule has 1 aliphatic rings. The van der Waals surface area contributed by atoms with E-state index in [2.05, 4.69) is 12.1 Å². The maximum absolute atomic E-state index is 12.6. The number of esters is 1. The Labute approximate surface area is 199 Å². The molecule has 0 aromatic heterocycles. The van der Waals surface area contributed by atoms with Gasteiger partial charge in [0.2, 0.25) is 5.75 Å². The van der Waals surface area contributed by atoms with E-state index in [1.54, 1.807) is 27.4 Å². The Morgan fingerprint density at radius 2 is 1.56 bits per heavy atom. The van der Waals surface area contributed by atoms with Crippen LogP contribution in [-0.2, 0) is 11.2 Å². The van der Waals surface area contributed by atoms with Gasteiger partial charge in [0.1, 0.15) is 5.75 Å². The predicted octanol–water partition coefficient (Wildman–Crippen LogP) is 4.78. The number of benzene rings is 3. The molecule has 34 heavy (non-hydrogen) atoms. The van der Waals surface area contributed by atoms with Gasteiger partial charge in [-0.1, -0.05) is 42.5 Å². The molecule has 0 aliphatic carbocycles. The second kappa shape index (κ2) is 10.4. The van der Waals surface area contributed by atoms with Crippen LogP contribution < -0.4 is 28.4 Å². The van der Waals surface area contributed by atoms with Crippen LogP contribution in [0.3, 0.4) is 0 Å². The highest BCUT2D eigenvalue weighted by Crippen LogP contribution is 2.54. The second-order valence-electron chi connectivity index (χ2n) is 7.75. The van der Waals surface area contributed by atoms with Crippen molar-refractivity contribution >= 4 is 5.97 Å². The first-order chi connectivity index (χ1) is 16.6. The van der Waals surface area contributed by atoms with Gasteiger partial charge >= 0.3 is 5.97 Å². The summed E-state index contributed by atoms with van der Waals surface area (Å²) >= 11 is 0. The molecule has 0 radical (unpaired) electrons. The number of para-hydroxylation sites is 1. The standard InChI is InChI=1S/C27H28O7/c1-29-20-12-8-11-18(25(20)33-14-13-17-9-6-5-7-10-17)19-15-23(28)34-21-16-22(30-2)26(31-3)27(32-4)24(19)21/h5-12,16,19H,13-15H2,1-4H3/t19-/m0/s1. The fourth-order valence-electron chi connectivity index (χ4n) is 4.31. The summed E-state index contributed by atoms with van der Waals surface area (Å²) in [4.78, 5) is 12.6. The van der Waals surface area contributed by atoms with Crippen LogP contribution >= 0.6 is 0 Å². The lowest BCUT2D eigenvalue weighted by molar-refractivity contribution is -0.135. The molecule has 0 fully saturated rings. The monoisotopic (exact) mass is 464 g/mol. The van der Waals surface area contributed by atoms with Gasteiger partial charge in [0, 0.05) is 29.5 Å². The van der Waals surface area contributed by atoms with E-state index in [-0.39, 0.29) is 12.4 Å². The Hall–Kier alpha value is -3.87. The van der Waals surface area contributed by atoms with E-state index < -0.39 is 5.92 Å². The van der Waals surface area contributed by atoms with Gasteiger partial charge in [-0.3, -0.25) is 4.79 Å². The van der Waals surface area contributed by atoms with Gasteiger partial charge in [0.15, 0.2) is 23.0 Å². The van der Waals surface area contributed by atoms with Gasteiger partial charge in [0.05, 0.1) is 41.5 Å². The first kappa shape index (κ1) is 23.3. The van der Waals surface area contributed by atoms with Gasteiger partial charge in [-0.2, -0.15) is 0 Å². The summed E-state index contributed by atoms with van der Waals surface area (Å²) in [7, 11) is 6.21. The number of hydrogen-bond donors (Lipinski definition) is 0. The highest BCUT2D eigenvalue weighted by atomic mass is 16.6. The van der Waals surface area contributed by atoms with Gasteiger partial charge < -0.3 is 28.4 Å². The van der Waals surface area contributed by atoms with Crippen LogP contribution in [0.4, 0.5) is 0 Å². The average molecular weight is 465 g/mol. The van der Waals surface area contributed by atoms with Crippen LogP contribution in [0, 0.1) is 0 Å². The molecule has 0 unspecified atom stereocenters. The third-order valence-corrected chi connectivity index (χ3v) is 5.86. The zero-order valence-electron chi connectivity index (χ0n) is 19.8. The van der Waals surface area contributed by atoms with E-state index in [0.717, 1.165) is 12.0 Å². The maximum atomic E-state index is 12.6. The number of hydrogen-bond acceptors (Lipinski definition) is 7.